The smallest absolute Gasteiger partial charge is 0.128 e. The van der Waals surface area contributed by atoms with Gasteiger partial charge in [0.05, 0.1) is 11.9 Å². The summed E-state index contributed by atoms with van der Waals surface area (Å²) in [6.07, 6.45) is 8.06. The predicted octanol–water partition coefficient (Wildman–Crippen LogP) is 3.57. The number of hydrogen-bond donors (Lipinski definition) is 1. The molecule has 2 nitrogen and oxygen atoms in total. The molecule has 0 aromatic rings. The molecule has 1 saturated carbocycles. The van der Waals surface area contributed by atoms with Crippen LogP contribution in [-0.2, 0) is 4.74 Å². The average molecular weight is 236 g/mol. The second-order valence-electron chi connectivity index (χ2n) is 6.34. The Balaban J connectivity index is 2.28. The zero-order valence-corrected chi connectivity index (χ0v) is 11.4. The molecule has 0 unspecified atom stereocenters. The van der Waals surface area contributed by atoms with Crippen molar-refractivity contribution in [2.45, 2.75) is 65.1 Å². The Hall–Kier alpha value is -0.760. The van der Waals surface area contributed by atoms with Crippen molar-refractivity contribution in [3.63, 3.8) is 0 Å². The lowest BCUT2D eigenvalue weighted by Gasteiger charge is -2.47. The Morgan fingerprint density at radius 1 is 1.29 bits per heavy atom. The average Bonchev–Trinajstić information content (AvgIpc) is 2.13. The van der Waals surface area contributed by atoms with Crippen LogP contribution in [0.15, 0.2) is 23.5 Å². The summed E-state index contributed by atoms with van der Waals surface area (Å²) in [5.74, 6) is 0.920. The molecular weight excluding hydrogens is 212 g/mol. The highest BCUT2D eigenvalue weighted by atomic mass is 16.5. The van der Waals surface area contributed by atoms with Crippen molar-refractivity contribution in [1.29, 1.82) is 0 Å². The maximum Gasteiger partial charge on any atom is 0.128 e. The van der Waals surface area contributed by atoms with Crippen molar-refractivity contribution in [3.8, 4) is 0 Å². The van der Waals surface area contributed by atoms with Gasteiger partial charge in [-0.1, -0.05) is 19.9 Å². The molecule has 1 heterocycles. The summed E-state index contributed by atoms with van der Waals surface area (Å²) in [6, 6.07) is 0. The normalized spacial score (nSPS) is 33.0. The first-order chi connectivity index (χ1) is 7.83. The first kappa shape index (κ1) is 12.7. The summed E-state index contributed by atoms with van der Waals surface area (Å²) in [4.78, 5) is 0. The Bertz CT molecular complexity index is 363. The molecule has 2 heteroatoms. The Morgan fingerprint density at radius 2 is 2.00 bits per heavy atom. The summed E-state index contributed by atoms with van der Waals surface area (Å²) in [5.41, 5.74) is 1.49. The topological polar surface area (TPSA) is 29.5 Å². The quantitative estimate of drug-likeness (QED) is 0.794. The highest BCUT2D eigenvalue weighted by Gasteiger charge is 2.44. The number of allylic oxidation sites excluding steroid dienone is 2. The first-order valence-corrected chi connectivity index (χ1v) is 6.62. The molecule has 1 N–H and O–H groups in total. The van der Waals surface area contributed by atoms with Crippen molar-refractivity contribution in [3.05, 3.63) is 23.5 Å². The molecule has 1 aliphatic carbocycles. The van der Waals surface area contributed by atoms with Gasteiger partial charge >= 0.3 is 0 Å². The van der Waals surface area contributed by atoms with Crippen molar-refractivity contribution in [2.75, 3.05) is 0 Å². The van der Waals surface area contributed by atoms with Gasteiger partial charge in [0, 0.05) is 6.42 Å². The van der Waals surface area contributed by atoms with Crippen LogP contribution in [0.3, 0.4) is 0 Å². The maximum atomic E-state index is 9.45. The van der Waals surface area contributed by atoms with Gasteiger partial charge in [-0.05, 0) is 50.2 Å². The number of fused-ring (bicyclic) bond motifs is 1. The molecule has 2 rings (SSSR count). The van der Waals surface area contributed by atoms with Gasteiger partial charge in [0.1, 0.15) is 5.60 Å². The van der Waals surface area contributed by atoms with E-state index in [0.29, 0.717) is 6.42 Å². The molecule has 0 radical (unpaired) electrons. The molecule has 0 bridgehead atoms. The molecule has 0 spiro atoms. The van der Waals surface area contributed by atoms with Crippen molar-refractivity contribution in [1.82, 2.24) is 0 Å². The lowest BCUT2D eigenvalue weighted by molar-refractivity contribution is -0.00931. The van der Waals surface area contributed by atoms with Crippen LogP contribution in [0.1, 0.15) is 53.4 Å². The summed E-state index contributed by atoms with van der Waals surface area (Å²) in [7, 11) is 0. The largest absolute Gasteiger partial charge is 0.487 e. The fourth-order valence-electron chi connectivity index (χ4n) is 3.26. The standard InChI is InChI=1S/C15H24O2/c1-11(16)10-12-6-7-13-14(2,3)8-5-9-15(13,4)17-12/h6-7,11,16H,5,8-10H2,1-4H3/t11-,15-/m0/s1. The second kappa shape index (κ2) is 4.16. The lowest BCUT2D eigenvalue weighted by Crippen LogP contribution is -2.43. The SMILES string of the molecule is C[C@H](O)CC1=CC=C2C(C)(C)CCC[C@]2(C)O1. The molecule has 17 heavy (non-hydrogen) atoms. The number of ether oxygens (including phenoxy) is 1. The lowest BCUT2D eigenvalue weighted by atomic mass is 9.65. The van der Waals surface area contributed by atoms with Gasteiger partial charge in [0.15, 0.2) is 0 Å². The van der Waals surface area contributed by atoms with Crippen LogP contribution in [-0.4, -0.2) is 16.8 Å². The second-order valence-corrected chi connectivity index (χ2v) is 6.34. The highest BCUT2D eigenvalue weighted by molar-refractivity contribution is 5.34. The molecule has 0 aromatic carbocycles. The molecule has 96 valence electrons. The first-order valence-electron chi connectivity index (χ1n) is 6.62. The van der Waals surface area contributed by atoms with Gasteiger partial charge < -0.3 is 9.84 Å². The Kier molecular flexibility index (Phi) is 3.11. The van der Waals surface area contributed by atoms with E-state index in [2.05, 4.69) is 26.8 Å². The predicted molar refractivity (Wildman–Crippen MR) is 69.6 cm³/mol. The zero-order chi connectivity index (χ0) is 12.7. The van der Waals surface area contributed by atoms with Gasteiger partial charge in [-0.3, -0.25) is 0 Å². The summed E-state index contributed by atoms with van der Waals surface area (Å²) < 4.78 is 6.16. The van der Waals surface area contributed by atoms with E-state index in [0.717, 1.165) is 12.2 Å². The summed E-state index contributed by atoms with van der Waals surface area (Å²) >= 11 is 0. The van der Waals surface area contributed by atoms with Crippen molar-refractivity contribution in [2.24, 2.45) is 5.41 Å². The number of aliphatic hydroxyl groups is 1. The molecule has 1 aliphatic heterocycles. The minimum Gasteiger partial charge on any atom is -0.487 e. The number of hydrogen-bond acceptors (Lipinski definition) is 2. The molecule has 0 aromatic heterocycles. The third kappa shape index (κ3) is 2.42. The Morgan fingerprint density at radius 3 is 2.65 bits per heavy atom. The van der Waals surface area contributed by atoms with Crippen molar-refractivity contribution >= 4 is 0 Å². The fourth-order valence-corrected chi connectivity index (χ4v) is 3.26. The third-order valence-electron chi connectivity index (χ3n) is 4.04. The van der Waals surface area contributed by atoms with Gasteiger partial charge in [0.2, 0.25) is 0 Å². The van der Waals surface area contributed by atoms with Crippen LogP contribution >= 0.6 is 0 Å². The van der Waals surface area contributed by atoms with Gasteiger partial charge in [-0.15, -0.1) is 0 Å². The number of aliphatic hydroxyl groups excluding tert-OH is 1. The van der Waals surface area contributed by atoms with Crippen LogP contribution in [0, 0.1) is 5.41 Å². The van der Waals surface area contributed by atoms with Crippen molar-refractivity contribution < 1.29 is 9.84 Å². The van der Waals surface area contributed by atoms with E-state index in [1.54, 1.807) is 6.92 Å². The summed E-state index contributed by atoms with van der Waals surface area (Å²) in [5, 5.41) is 9.45. The zero-order valence-electron chi connectivity index (χ0n) is 11.4. The van der Waals surface area contributed by atoms with Crippen LogP contribution in [0.2, 0.25) is 0 Å². The molecule has 0 saturated heterocycles. The number of rotatable bonds is 2. The molecule has 2 aliphatic rings. The Labute approximate surface area is 104 Å². The van der Waals surface area contributed by atoms with Crippen LogP contribution in [0.25, 0.3) is 0 Å². The maximum absolute atomic E-state index is 9.45. The highest BCUT2D eigenvalue weighted by Crippen LogP contribution is 2.49. The van der Waals surface area contributed by atoms with E-state index in [-0.39, 0.29) is 17.1 Å². The molecule has 0 amide bonds. The van der Waals surface area contributed by atoms with Crippen LogP contribution in [0.5, 0.6) is 0 Å². The third-order valence-corrected chi connectivity index (χ3v) is 4.04. The van der Waals surface area contributed by atoms with E-state index in [1.807, 2.05) is 6.08 Å². The van der Waals surface area contributed by atoms with E-state index in [4.69, 9.17) is 4.74 Å². The van der Waals surface area contributed by atoms with E-state index in [1.165, 1.54) is 18.4 Å². The van der Waals surface area contributed by atoms with E-state index < -0.39 is 0 Å². The minimum absolute atomic E-state index is 0.152. The van der Waals surface area contributed by atoms with Crippen LogP contribution < -0.4 is 0 Å². The van der Waals surface area contributed by atoms with Gasteiger partial charge in [0.25, 0.3) is 0 Å². The van der Waals surface area contributed by atoms with E-state index >= 15 is 0 Å². The fraction of sp³-hybridized carbons (Fsp3) is 0.733. The molecule has 1 fully saturated rings. The van der Waals surface area contributed by atoms with E-state index in [9.17, 15) is 5.11 Å². The van der Waals surface area contributed by atoms with Gasteiger partial charge in [-0.2, -0.15) is 0 Å². The molecular formula is C15H24O2. The summed E-state index contributed by atoms with van der Waals surface area (Å²) in [6.45, 7) is 8.59. The van der Waals surface area contributed by atoms with Crippen LogP contribution in [0.4, 0.5) is 0 Å². The minimum atomic E-state index is -0.337. The molecule has 2 atom stereocenters. The monoisotopic (exact) mass is 236 g/mol. The van der Waals surface area contributed by atoms with Gasteiger partial charge in [-0.25, -0.2) is 0 Å².